The molecule has 0 saturated heterocycles. The SMILES string of the molecule is Cc1c(C(=O)NCCc2ccccc2F)nnn1Cc1ccccc1. The van der Waals surface area contributed by atoms with E-state index in [9.17, 15) is 9.18 Å². The highest BCUT2D eigenvalue weighted by molar-refractivity contribution is 5.93. The number of carbonyl (C=O) groups is 1. The van der Waals surface area contributed by atoms with Gasteiger partial charge in [0.1, 0.15) is 5.82 Å². The van der Waals surface area contributed by atoms with Crippen molar-refractivity contribution >= 4 is 5.91 Å². The van der Waals surface area contributed by atoms with Crippen molar-refractivity contribution in [2.75, 3.05) is 6.54 Å². The highest BCUT2D eigenvalue weighted by Gasteiger charge is 2.16. The van der Waals surface area contributed by atoms with E-state index in [4.69, 9.17) is 0 Å². The quantitative estimate of drug-likeness (QED) is 0.752. The average Bonchev–Trinajstić information content (AvgIpc) is 2.98. The Morgan fingerprint density at radius 1 is 1.12 bits per heavy atom. The lowest BCUT2D eigenvalue weighted by atomic mass is 10.1. The van der Waals surface area contributed by atoms with E-state index in [0.717, 1.165) is 5.56 Å². The molecule has 3 aromatic rings. The van der Waals surface area contributed by atoms with Crippen LogP contribution in [0.15, 0.2) is 54.6 Å². The highest BCUT2D eigenvalue weighted by atomic mass is 19.1. The summed E-state index contributed by atoms with van der Waals surface area (Å²) in [5.41, 5.74) is 2.66. The Labute approximate surface area is 145 Å². The van der Waals surface area contributed by atoms with Gasteiger partial charge in [0.05, 0.1) is 12.2 Å². The fourth-order valence-electron chi connectivity index (χ4n) is 2.57. The predicted molar refractivity (Wildman–Crippen MR) is 92.7 cm³/mol. The summed E-state index contributed by atoms with van der Waals surface area (Å²) in [6.07, 6.45) is 0.426. The zero-order chi connectivity index (χ0) is 17.6. The number of benzene rings is 2. The van der Waals surface area contributed by atoms with Crippen LogP contribution in [0.3, 0.4) is 0 Å². The van der Waals surface area contributed by atoms with Gasteiger partial charge in [-0.1, -0.05) is 53.7 Å². The third-order valence-electron chi connectivity index (χ3n) is 4.01. The summed E-state index contributed by atoms with van der Waals surface area (Å²) in [6.45, 7) is 2.71. The second kappa shape index (κ2) is 7.70. The van der Waals surface area contributed by atoms with Gasteiger partial charge in [0.2, 0.25) is 0 Å². The number of aromatic nitrogens is 3. The van der Waals surface area contributed by atoms with E-state index in [0.29, 0.717) is 36.5 Å². The van der Waals surface area contributed by atoms with Crippen LogP contribution in [0.4, 0.5) is 4.39 Å². The lowest BCUT2D eigenvalue weighted by molar-refractivity contribution is 0.0948. The van der Waals surface area contributed by atoms with Crippen molar-refractivity contribution in [2.24, 2.45) is 0 Å². The molecule has 0 aliphatic rings. The summed E-state index contributed by atoms with van der Waals surface area (Å²) in [4.78, 5) is 12.3. The van der Waals surface area contributed by atoms with Crippen molar-refractivity contribution in [3.63, 3.8) is 0 Å². The first-order chi connectivity index (χ1) is 12.1. The first kappa shape index (κ1) is 16.8. The first-order valence-electron chi connectivity index (χ1n) is 8.11. The van der Waals surface area contributed by atoms with Crippen LogP contribution in [0.25, 0.3) is 0 Å². The Kier molecular flexibility index (Phi) is 5.18. The number of amides is 1. The Morgan fingerprint density at radius 3 is 2.60 bits per heavy atom. The topological polar surface area (TPSA) is 59.8 Å². The molecule has 0 fully saturated rings. The number of carbonyl (C=O) groups excluding carboxylic acids is 1. The summed E-state index contributed by atoms with van der Waals surface area (Å²) in [7, 11) is 0. The van der Waals surface area contributed by atoms with Crippen LogP contribution in [-0.4, -0.2) is 27.4 Å². The van der Waals surface area contributed by atoms with Crippen molar-refractivity contribution < 1.29 is 9.18 Å². The Morgan fingerprint density at radius 2 is 1.84 bits per heavy atom. The number of halogens is 1. The zero-order valence-corrected chi connectivity index (χ0v) is 13.9. The summed E-state index contributed by atoms with van der Waals surface area (Å²) in [5.74, 6) is -0.560. The number of nitrogens with one attached hydrogen (secondary N) is 1. The molecule has 25 heavy (non-hydrogen) atoms. The van der Waals surface area contributed by atoms with Gasteiger partial charge in [0, 0.05) is 6.54 Å². The van der Waals surface area contributed by atoms with Gasteiger partial charge >= 0.3 is 0 Å². The van der Waals surface area contributed by atoms with Gasteiger partial charge in [-0.05, 0) is 30.5 Å². The maximum absolute atomic E-state index is 13.6. The van der Waals surface area contributed by atoms with Crippen molar-refractivity contribution in [3.05, 3.63) is 82.9 Å². The normalized spacial score (nSPS) is 10.6. The molecule has 0 bridgehead atoms. The van der Waals surface area contributed by atoms with Gasteiger partial charge in [-0.25, -0.2) is 9.07 Å². The molecule has 0 unspecified atom stereocenters. The van der Waals surface area contributed by atoms with Gasteiger partial charge in [-0.15, -0.1) is 5.10 Å². The van der Waals surface area contributed by atoms with E-state index in [-0.39, 0.29) is 11.7 Å². The minimum absolute atomic E-state index is 0.262. The van der Waals surface area contributed by atoms with Crippen LogP contribution in [0.1, 0.15) is 27.3 Å². The van der Waals surface area contributed by atoms with Gasteiger partial charge in [-0.2, -0.15) is 0 Å². The van der Waals surface area contributed by atoms with E-state index in [1.165, 1.54) is 6.07 Å². The summed E-state index contributed by atoms with van der Waals surface area (Å²) >= 11 is 0. The molecule has 1 amide bonds. The van der Waals surface area contributed by atoms with Crippen molar-refractivity contribution in [1.82, 2.24) is 20.3 Å². The minimum atomic E-state index is -0.298. The molecule has 1 heterocycles. The number of nitrogens with zero attached hydrogens (tertiary/aromatic N) is 3. The molecule has 3 rings (SSSR count). The molecular formula is C19H19FN4O. The van der Waals surface area contributed by atoms with Crippen LogP contribution in [0.2, 0.25) is 0 Å². The van der Waals surface area contributed by atoms with E-state index in [1.807, 2.05) is 37.3 Å². The maximum Gasteiger partial charge on any atom is 0.273 e. The Bertz CT molecular complexity index is 861. The second-order valence-corrected chi connectivity index (χ2v) is 5.76. The number of hydrogen-bond acceptors (Lipinski definition) is 3. The standard InChI is InChI=1S/C19H19FN4O/c1-14-18(22-23-24(14)13-15-7-3-2-4-8-15)19(25)21-12-11-16-9-5-6-10-17(16)20/h2-10H,11-13H2,1H3,(H,21,25). The van der Waals surface area contributed by atoms with Crippen LogP contribution < -0.4 is 5.32 Å². The lowest BCUT2D eigenvalue weighted by Gasteiger charge is -2.06. The average molecular weight is 338 g/mol. The zero-order valence-electron chi connectivity index (χ0n) is 13.9. The molecule has 1 N–H and O–H groups in total. The molecule has 0 atom stereocenters. The smallest absolute Gasteiger partial charge is 0.273 e. The van der Waals surface area contributed by atoms with Crippen LogP contribution in [-0.2, 0) is 13.0 Å². The second-order valence-electron chi connectivity index (χ2n) is 5.76. The summed E-state index contributed by atoms with van der Waals surface area (Å²) in [5, 5.41) is 10.8. The van der Waals surface area contributed by atoms with E-state index >= 15 is 0 Å². The van der Waals surface area contributed by atoms with Crippen molar-refractivity contribution in [1.29, 1.82) is 0 Å². The molecule has 0 saturated carbocycles. The maximum atomic E-state index is 13.6. The highest BCUT2D eigenvalue weighted by Crippen LogP contribution is 2.09. The largest absolute Gasteiger partial charge is 0.350 e. The molecule has 128 valence electrons. The van der Waals surface area contributed by atoms with Gasteiger partial charge in [0.25, 0.3) is 5.91 Å². The third-order valence-corrected chi connectivity index (χ3v) is 4.01. The third kappa shape index (κ3) is 4.09. The molecular weight excluding hydrogens is 319 g/mol. The molecule has 6 heteroatoms. The molecule has 0 spiro atoms. The van der Waals surface area contributed by atoms with E-state index in [2.05, 4.69) is 15.6 Å². The lowest BCUT2D eigenvalue weighted by Crippen LogP contribution is -2.27. The Balaban J connectivity index is 1.60. The van der Waals surface area contributed by atoms with Gasteiger partial charge in [0.15, 0.2) is 5.69 Å². The van der Waals surface area contributed by atoms with Crippen molar-refractivity contribution in [2.45, 2.75) is 19.9 Å². The van der Waals surface area contributed by atoms with Crippen molar-refractivity contribution in [3.8, 4) is 0 Å². The number of hydrogen-bond donors (Lipinski definition) is 1. The van der Waals surface area contributed by atoms with Crippen LogP contribution >= 0.6 is 0 Å². The molecule has 0 aliphatic carbocycles. The molecule has 5 nitrogen and oxygen atoms in total. The number of rotatable bonds is 6. The summed E-state index contributed by atoms with van der Waals surface area (Å²) in [6, 6.07) is 16.4. The molecule has 0 aliphatic heterocycles. The molecule has 0 radical (unpaired) electrons. The monoisotopic (exact) mass is 338 g/mol. The van der Waals surface area contributed by atoms with E-state index < -0.39 is 0 Å². The first-order valence-corrected chi connectivity index (χ1v) is 8.11. The van der Waals surface area contributed by atoms with Crippen LogP contribution in [0.5, 0.6) is 0 Å². The molecule has 2 aromatic carbocycles. The van der Waals surface area contributed by atoms with Gasteiger partial charge in [-0.3, -0.25) is 4.79 Å². The minimum Gasteiger partial charge on any atom is -0.350 e. The molecule has 1 aromatic heterocycles. The Hall–Kier alpha value is -3.02. The predicted octanol–water partition coefficient (Wildman–Crippen LogP) is 2.75. The summed E-state index contributed by atoms with van der Waals surface area (Å²) < 4.78 is 15.3. The fraction of sp³-hybridized carbons (Fsp3) is 0.211. The van der Waals surface area contributed by atoms with E-state index in [1.54, 1.807) is 22.9 Å². The van der Waals surface area contributed by atoms with Gasteiger partial charge < -0.3 is 5.32 Å². The van der Waals surface area contributed by atoms with Crippen LogP contribution in [0, 0.1) is 12.7 Å². The fourth-order valence-corrected chi connectivity index (χ4v) is 2.57.